The Morgan fingerprint density at radius 3 is 3.00 bits per heavy atom. The van der Waals surface area contributed by atoms with Crippen molar-refractivity contribution >= 4 is 22.9 Å². The zero-order valence-corrected chi connectivity index (χ0v) is 9.37. The topological polar surface area (TPSA) is 24.9 Å². The lowest BCUT2D eigenvalue weighted by Gasteiger charge is -2.09. The third-order valence-corrected chi connectivity index (χ3v) is 2.90. The molecule has 0 aliphatic carbocycles. The second-order valence-electron chi connectivity index (χ2n) is 2.90. The fourth-order valence-corrected chi connectivity index (χ4v) is 1.83. The van der Waals surface area contributed by atoms with E-state index in [4.69, 9.17) is 11.6 Å². The molecule has 0 saturated carbocycles. The van der Waals surface area contributed by atoms with E-state index in [-0.39, 0.29) is 0 Å². The van der Waals surface area contributed by atoms with E-state index < -0.39 is 0 Å². The molecule has 0 aliphatic heterocycles. The van der Waals surface area contributed by atoms with Crippen LogP contribution in [0.2, 0.25) is 0 Å². The summed E-state index contributed by atoms with van der Waals surface area (Å²) < 4.78 is 0. The summed E-state index contributed by atoms with van der Waals surface area (Å²) in [5.41, 5.74) is 0. The molecule has 2 nitrogen and oxygen atoms in total. The number of hydrogen-bond donors (Lipinski definition) is 1. The van der Waals surface area contributed by atoms with E-state index in [2.05, 4.69) is 23.8 Å². The van der Waals surface area contributed by atoms with Crippen LogP contribution in [0.25, 0.3) is 0 Å². The number of aryl methyl sites for hydroxylation is 1. The Labute approximate surface area is 87.6 Å². The van der Waals surface area contributed by atoms with Crippen molar-refractivity contribution in [1.29, 1.82) is 0 Å². The van der Waals surface area contributed by atoms with Crippen LogP contribution < -0.4 is 5.32 Å². The minimum atomic E-state index is 0.293. The lowest BCUT2D eigenvalue weighted by Crippen LogP contribution is -2.18. The molecule has 0 bridgehead atoms. The second kappa shape index (κ2) is 4.74. The fourth-order valence-electron chi connectivity index (χ4n) is 0.942. The van der Waals surface area contributed by atoms with Gasteiger partial charge < -0.3 is 5.32 Å². The summed E-state index contributed by atoms with van der Waals surface area (Å²) in [6, 6.07) is 0.293. The van der Waals surface area contributed by atoms with E-state index in [1.54, 1.807) is 11.3 Å². The van der Waals surface area contributed by atoms with Gasteiger partial charge in [0.1, 0.15) is 0 Å². The average Bonchev–Trinajstić information content (AvgIpc) is 2.47. The Bertz CT molecular complexity index is 296. The maximum atomic E-state index is 5.65. The Hall–Kier alpha value is -0.380. The SMILES string of the molecule is C=C(Cl)CNC(C)c1cnc(C)s1. The highest BCUT2D eigenvalue weighted by atomic mass is 35.5. The van der Waals surface area contributed by atoms with Gasteiger partial charge in [-0.05, 0) is 13.8 Å². The average molecular weight is 217 g/mol. The van der Waals surface area contributed by atoms with Crippen molar-refractivity contribution in [3.05, 3.63) is 27.7 Å². The normalized spacial score (nSPS) is 12.8. The van der Waals surface area contributed by atoms with Gasteiger partial charge in [-0.25, -0.2) is 4.98 Å². The molecule has 1 aromatic heterocycles. The van der Waals surface area contributed by atoms with Crippen molar-refractivity contribution in [2.75, 3.05) is 6.54 Å². The first kappa shape index (κ1) is 10.7. The highest BCUT2D eigenvalue weighted by Crippen LogP contribution is 2.19. The molecule has 0 saturated heterocycles. The van der Waals surface area contributed by atoms with Crippen molar-refractivity contribution in [2.24, 2.45) is 0 Å². The summed E-state index contributed by atoms with van der Waals surface area (Å²) in [7, 11) is 0. The fraction of sp³-hybridized carbons (Fsp3) is 0.444. The number of halogens is 1. The minimum absolute atomic E-state index is 0.293. The Kier molecular flexibility index (Phi) is 3.90. The third-order valence-electron chi connectivity index (χ3n) is 1.67. The maximum Gasteiger partial charge on any atom is 0.0897 e. The van der Waals surface area contributed by atoms with Gasteiger partial charge in [0.15, 0.2) is 0 Å². The minimum Gasteiger partial charge on any atom is -0.304 e. The molecule has 1 aromatic rings. The van der Waals surface area contributed by atoms with Gasteiger partial charge in [0.05, 0.1) is 5.01 Å². The van der Waals surface area contributed by atoms with Crippen molar-refractivity contribution < 1.29 is 0 Å². The molecule has 0 aromatic carbocycles. The van der Waals surface area contributed by atoms with Crippen LogP contribution in [0.4, 0.5) is 0 Å². The van der Waals surface area contributed by atoms with E-state index in [0.717, 1.165) is 5.01 Å². The second-order valence-corrected chi connectivity index (χ2v) is 4.70. The van der Waals surface area contributed by atoms with Gasteiger partial charge in [0.2, 0.25) is 0 Å². The van der Waals surface area contributed by atoms with Crippen molar-refractivity contribution in [1.82, 2.24) is 10.3 Å². The summed E-state index contributed by atoms with van der Waals surface area (Å²) in [6.07, 6.45) is 1.90. The number of aromatic nitrogens is 1. The monoisotopic (exact) mass is 216 g/mol. The predicted octanol–water partition coefficient (Wildman–Crippen LogP) is 2.85. The summed E-state index contributed by atoms with van der Waals surface area (Å²) in [5, 5.41) is 4.97. The van der Waals surface area contributed by atoms with E-state index in [0.29, 0.717) is 17.6 Å². The van der Waals surface area contributed by atoms with E-state index >= 15 is 0 Å². The van der Waals surface area contributed by atoms with E-state index in [1.165, 1.54) is 4.88 Å². The van der Waals surface area contributed by atoms with Gasteiger partial charge >= 0.3 is 0 Å². The molecule has 1 N–H and O–H groups in total. The molecule has 1 heterocycles. The Balaban J connectivity index is 2.48. The molecule has 0 aliphatic rings. The first-order valence-electron chi connectivity index (χ1n) is 4.08. The molecule has 1 rings (SSSR count). The molecule has 1 atom stereocenters. The molecule has 13 heavy (non-hydrogen) atoms. The first-order chi connectivity index (χ1) is 6.09. The van der Waals surface area contributed by atoms with Gasteiger partial charge in [-0.15, -0.1) is 11.3 Å². The molecule has 0 spiro atoms. The summed E-state index contributed by atoms with van der Waals surface area (Å²) in [6.45, 7) is 8.35. The lowest BCUT2D eigenvalue weighted by atomic mass is 10.3. The van der Waals surface area contributed by atoms with Crippen LogP contribution in [0.1, 0.15) is 22.9 Å². The highest BCUT2D eigenvalue weighted by molar-refractivity contribution is 7.11. The van der Waals surface area contributed by atoms with Gasteiger partial charge in [0.25, 0.3) is 0 Å². The van der Waals surface area contributed by atoms with Gasteiger partial charge in [-0.1, -0.05) is 18.2 Å². The first-order valence-corrected chi connectivity index (χ1v) is 5.28. The van der Waals surface area contributed by atoms with Crippen LogP contribution >= 0.6 is 22.9 Å². The summed E-state index contributed by atoms with van der Waals surface area (Å²) >= 11 is 7.35. The molecule has 1 unspecified atom stereocenters. The molecule has 72 valence electrons. The zero-order valence-electron chi connectivity index (χ0n) is 7.80. The van der Waals surface area contributed by atoms with Gasteiger partial charge in [0, 0.05) is 28.7 Å². The largest absolute Gasteiger partial charge is 0.304 e. The van der Waals surface area contributed by atoms with Crippen molar-refractivity contribution in [3.8, 4) is 0 Å². The highest BCUT2D eigenvalue weighted by Gasteiger charge is 2.07. The Morgan fingerprint density at radius 1 is 1.85 bits per heavy atom. The molecule has 0 amide bonds. The van der Waals surface area contributed by atoms with Crippen LogP contribution in [-0.4, -0.2) is 11.5 Å². The summed E-state index contributed by atoms with van der Waals surface area (Å²) in [4.78, 5) is 5.42. The maximum absolute atomic E-state index is 5.65. The zero-order chi connectivity index (χ0) is 9.84. The molecule has 4 heteroatoms. The number of nitrogens with zero attached hydrogens (tertiary/aromatic N) is 1. The van der Waals surface area contributed by atoms with Crippen molar-refractivity contribution in [3.63, 3.8) is 0 Å². The number of thiazole rings is 1. The van der Waals surface area contributed by atoms with Gasteiger partial charge in [-0.2, -0.15) is 0 Å². The van der Waals surface area contributed by atoms with Crippen LogP contribution in [-0.2, 0) is 0 Å². The third kappa shape index (κ3) is 3.46. The lowest BCUT2D eigenvalue weighted by molar-refractivity contribution is 0.623. The van der Waals surface area contributed by atoms with Crippen LogP contribution in [0.3, 0.4) is 0 Å². The number of hydrogen-bond acceptors (Lipinski definition) is 3. The van der Waals surface area contributed by atoms with E-state index in [1.807, 2.05) is 13.1 Å². The van der Waals surface area contributed by atoms with Crippen molar-refractivity contribution in [2.45, 2.75) is 19.9 Å². The van der Waals surface area contributed by atoms with Gasteiger partial charge in [-0.3, -0.25) is 0 Å². The van der Waals surface area contributed by atoms with Crippen LogP contribution in [0, 0.1) is 6.92 Å². The molecule has 0 fully saturated rings. The number of rotatable bonds is 4. The molecular weight excluding hydrogens is 204 g/mol. The molecule has 0 radical (unpaired) electrons. The quantitative estimate of drug-likeness (QED) is 0.838. The standard InChI is InChI=1S/C9H13ClN2S/c1-6(10)4-11-7(2)9-5-12-8(3)13-9/h5,7,11H,1,4H2,2-3H3. The molecular formula is C9H13ClN2S. The number of nitrogens with one attached hydrogen (secondary N) is 1. The summed E-state index contributed by atoms with van der Waals surface area (Å²) in [5.74, 6) is 0. The van der Waals surface area contributed by atoms with E-state index in [9.17, 15) is 0 Å². The van der Waals surface area contributed by atoms with Crippen LogP contribution in [0.5, 0.6) is 0 Å². The smallest absolute Gasteiger partial charge is 0.0897 e. The predicted molar refractivity (Wildman–Crippen MR) is 58.3 cm³/mol. The Morgan fingerprint density at radius 2 is 2.54 bits per heavy atom. The van der Waals surface area contributed by atoms with Crippen LogP contribution in [0.15, 0.2) is 17.8 Å².